The first-order valence-corrected chi connectivity index (χ1v) is 11.3. The van der Waals surface area contributed by atoms with Crippen molar-refractivity contribution < 1.29 is 9.59 Å². The van der Waals surface area contributed by atoms with Crippen LogP contribution in [0.15, 0.2) is 28.5 Å². The number of nitrogens with two attached hydrogens (primary N) is 1. The Balaban J connectivity index is 1.75. The highest BCUT2D eigenvalue weighted by Crippen LogP contribution is 2.33. The van der Waals surface area contributed by atoms with Crippen molar-refractivity contribution in [2.75, 3.05) is 11.1 Å². The van der Waals surface area contributed by atoms with Gasteiger partial charge in [0.15, 0.2) is 5.13 Å². The first kappa shape index (κ1) is 20.5. The average Bonchev–Trinajstić information content (AvgIpc) is 3.22. The van der Waals surface area contributed by atoms with Crippen LogP contribution in [0.5, 0.6) is 0 Å². The Labute approximate surface area is 175 Å². The van der Waals surface area contributed by atoms with Crippen LogP contribution in [0, 0.1) is 13.8 Å². The van der Waals surface area contributed by atoms with Crippen LogP contribution in [0.4, 0.5) is 5.13 Å². The molecular weight excluding hydrogens is 412 g/mol. The van der Waals surface area contributed by atoms with Crippen molar-refractivity contribution in [3.8, 4) is 10.6 Å². The number of nitrogens with one attached hydrogen (secondary N) is 1. The zero-order valence-electron chi connectivity index (χ0n) is 15.7. The second-order valence-corrected chi connectivity index (χ2v) is 9.33. The maximum absolute atomic E-state index is 12.7. The Hall–Kier alpha value is -2.23. The first-order valence-electron chi connectivity index (χ1n) is 8.64. The van der Waals surface area contributed by atoms with Crippen LogP contribution < -0.4 is 11.1 Å². The number of carbonyl (C=O) groups is 2. The van der Waals surface area contributed by atoms with Crippen molar-refractivity contribution in [2.45, 2.75) is 31.4 Å². The van der Waals surface area contributed by atoms with Gasteiger partial charge in [-0.25, -0.2) is 9.97 Å². The number of amides is 2. The van der Waals surface area contributed by atoms with E-state index in [1.54, 1.807) is 0 Å². The highest BCUT2D eigenvalue weighted by Gasteiger charge is 2.18. The number of hydrogen-bond acceptors (Lipinski definition) is 7. The molecule has 2 aromatic heterocycles. The number of thiazole rings is 2. The SMILES string of the molecule is CCc1ccc(-c2nc(C)c(C(=O)Nc3nc(C)c(SCC(N)=O)s3)s2)cc1. The molecule has 0 saturated carbocycles. The number of rotatable bonds is 7. The zero-order valence-corrected chi connectivity index (χ0v) is 18.2. The lowest BCUT2D eigenvalue weighted by molar-refractivity contribution is -0.115. The van der Waals surface area contributed by atoms with Gasteiger partial charge < -0.3 is 5.73 Å². The summed E-state index contributed by atoms with van der Waals surface area (Å²) in [6.45, 7) is 5.78. The van der Waals surface area contributed by atoms with Gasteiger partial charge in [-0.05, 0) is 25.8 Å². The first-order chi connectivity index (χ1) is 13.4. The maximum Gasteiger partial charge on any atom is 0.269 e. The fourth-order valence-corrected chi connectivity index (χ4v) is 5.31. The molecule has 0 aliphatic heterocycles. The van der Waals surface area contributed by atoms with Gasteiger partial charge in [0.05, 0.1) is 21.3 Å². The van der Waals surface area contributed by atoms with E-state index in [-0.39, 0.29) is 17.6 Å². The number of benzene rings is 1. The third-order valence-electron chi connectivity index (χ3n) is 3.93. The summed E-state index contributed by atoms with van der Waals surface area (Å²) in [5.41, 5.74) is 8.91. The molecule has 3 aromatic rings. The molecule has 0 aliphatic rings. The highest BCUT2D eigenvalue weighted by atomic mass is 32.2. The minimum atomic E-state index is -0.386. The topological polar surface area (TPSA) is 98.0 Å². The lowest BCUT2D eigenvalue weighted by atomic mass is 10.1. The van der Waals surface area contributed by atoms with Gasteiger partial charge in [-0.3, -0.25) is 14.9 Å². The molecule has 3 N–H and O–H groups in total. The molecule has 2 amide bonds. The van der Waals surface area contributed by atoms with Crippen molar-refractivity contribution >= 4 is 51.4 Å². The molecule has 0 saturated heterocycles. The second-order valence-electron chi connectivity index (χ2n) is 6.09. The monoisotopic (exact) mass is 432 g/mol. The van der Waals surface area contributed by atoms with Gasteiger partial charge in [0.25, 0.3) is 5.91 Å². The van der Waals surface area contributed by atoms with Gasteiger partial charge in [0.2, 0.25) is 5.91 Å². The van der Waals surface area contributed by atoms with E-state index >= 15 is 0 Å². The molecule has 0 atom stereocenters. The molecule has 0 aliphatic carbocycles. The molecule has 0 fully saturated rings. The van der Waals surface area contributed by atoms with Crippen LogP contribution in [0.2, 0.25) is 0 Å². The average molecular weight is 433 g/mol. The van der Waals surface area contributed by atoms with Crippen LogP contribution in [0.3, 0.4) is 0 Å². The van der Waals surface area contributed by atoms with Gasteiger partial charge >= 0.3 is 0 Å². The molecule has 3 rings (SSSR count). The van der Waals surface area contributed by atoms with Crippen molar-refractivity contribution in [1.29, 1.82) is 0 Å². The van der Waals surface area contributed by atoms with Gasteiger partial charge in [-0.15, -0.1) is 23.1 Å². The summed E-state index contributed by atoms with van der Waals surface area (Å²) in [6.07, 6.45) is 0.984. The highest BCUT2D eigenvalue weighted by molar-refractivity contribution is 8.01. The molecule has 9 heteroatoms. The number of primary amides is 1. The van der Waals surface area contributed by atoms with E-state index in [1.165, 1.54) is 40.0 Å². The molecule has 28 heavy (non-hydrogen) atoms. The van der Waals surface area contributed by atoms with E-state index in [0.29, 0.717) is 15.7 Å². The number of anilines is 1. The van der Waals surface area contributed by atoms with E-state index in [4.69, 9.17) is 5.73 Å². The number of aryl methyl sites for hydroxylation is 3. The Bertz CT molecular complexity index is 1010. The van der Waals surface area contributed by atoms with E-state index < -0.39 is 0 Å². The third-order valence-corrected chi connectivity index (χ3v) is 7.59. The van der Waals surface area contributed by atoms with E-state index in [2.05, 4.69) is 34.3 Å². The molecule has 146 valence electrons. The number of carbonyl (C=O) groups excluding carboxylic acids is 2. The summed E-state index contributed by atoms with van der Waals surface area (Å²) < 4.78 is 0.867. The number of hydrogen-bond donors (Lipinski definition) is 2. The molecule has 1 aromatic carbocycles. The van der Waals surface area contributed by atoms with Gasteiger partial charge in [0.1, 0.15) is 9.88 Å². The molecular formula is C19H20N4O2S3. The number of nitrogens with zero attached hydrogens (tertiary/aromatic N) is 2. The van der Waals surface area contributed by atoms with Gasteiger partial charge in [0, 0.05) is 5.56 Å². The quantitative estimate of drug-likeness (QED) is 0.543. The normalized spacial score (nSPS) is 10.8. The summed E-state index contributed by atoms with van der Waals surface area (Å²) in [7, 11) is 0. The fourth-order valence-electron chi connectivity index (χ4n) is 2.47. The largest absolute Gasteiger partial charge is 0.369 e. The Kier molecular flexibility index (Phi) is 6.48. The van der Waals surface area contributed by atoms with Gasteiger partial charge in [-0.2, -0.15) is 0 Å². The number of thioether (sulfide) groups is 1. The Morgan fingerprint density at radius 3 is 2.46 bits per heavy atom. The Morgan fingerprint density at radius 2 is 1.82 bits per heavy atom. The summed E-state index contributed by atoms with van der Waals surface area (Å²) in [5, 5.41) is 4.15. The molecule has 0 bridgehead atoms. The van der Waals surface area contributed by atoms with E-state index in [0.717, 1.165) is 26.9 Å². The fraction of sp³-hybridized carbons (Fsp3) is 0.263. The van der Waals surface area contributed by atoms with Crippen molar-refractivity contribution in [3.63, 3.8) is 0 Å². The summed E-state index contributed by atoms with van der Waals surface area (Å²) >= 11 is 4.03. The van der Waals surface area contributed by atoms with Crippen LogP contribution >= 0.6 is 34.4 Å². The van der Waals surface area contributed by atoms with Crippen LogP contribution in [-0.2, 0) is 11.2 Å². The summed E-state index contributed by atoms with van der Waals surface area (Å²) in [5.74, 6) is -0.431. The molecule has 6 nitrogen and oxygen atoms in total. The van der Waals surface area contributed by atoms with Crippen LogP contribution in [-0.4, -0.2) is 27.5 Å². The lowest BCUT2D eigenvalue weighted by Crippen LogP contribution is -2.12. The van der Waals surface area contributed by atoms with Crippen LogP contribution in [0.1, 0.15) is 33.5 Å². The van der Waals surface area contributed by atoms with E-state index in [1.807, 2.05) is 26.0 Å². The van der Waals surface area contributed by atoms with Crippen LogP contribution in [0.25, 0.3) is 10.6 Å². The summed E-state index contributed by atoms with van der Waals surface area (Å²) in [4.78, 5) is 33.2. The molecule has 0 unspecified atom stereocenters. The number of aromatic nitrogens is 2. The standard InChI is InChI=1S/C19H20N4O2S3/c1-4-12-5-7-13(8-6-12)17-21-10(2)15(27-17)16(25)23-19-22-11(3)18(28-19)26-9-14(20)24/h5-8H,4,9H2,1-3H3,(H2,20,24)(H,22,23,25). The smallest absolute Gasteiger partial charge is 0.269 e. The molecule has 0 spiro atoms. The third kappa shape index (κ3) is 4.78. The summed E-state index contributed by atoms with van der Waals surface area (Å²) in [6, 6.07) is 8.22. The van der Waals surface area contributed by atoms with Crippen molar-refractivity contribution in [2.24, 2.45) is 5.73 Å². The van der Waals surface area contributed by atoms with Gasteiger partial charge in [-0.1, -0.05) is 42.5 Å². The zero-order chi connectivity index (χ0) is 20.3. The maximum atomic E-state index is 12.7. The molecule has 2 heterocycles. The Morgan fingerprint density at radius 1 is 1.11 bits per heavy atom. The predicted octanol–water partition coefficient (Wildman–Crippen LogP) is 4.28. The predicted molar refractivity (Wildman–Crippen MR) is 116 cm³/mol. The van der Waals surface area contributed by atoms with Crippen molar-refractivity contribution in [1.82, 2.24) is 9.97 Å². The molecule has 0 radical (unpaired) electrons. The second kappa shape index (κ2) is 8.85. The van der Waals surface area contributed by atoms with E-state index in [9.17, 15) is 9.59 Å². The minimum absolute atomic E-state index is 0.185. The minimum Gasteiger partial charge on any atom is -0.369 e. The van der Waals surface area contributed by atoms with Crippen molar-refractivity contribution in [3.05, 3.63) is 46.1 Å². The lowest BCUT2D eigenvalue weighted by Gasteiger charge is -1.99.